The smallest absolute Gasteiger partial charge is 0.0368 e. The van der Waals surface area contributed by atoms with Crippen LogP contribution in [0.25, 0.3) is 0 Å². The molecule has 0 spiro atoms. The van der Waals surface area contributed by atoms with Gasteiger partial charge in [-0.15, -0.1) is 0 Å². The number of hydrogen-bond donors (Lipinski definition) is 0. The molecule has 0 aromatic rings. The largest absolute Gasteiger partial charge is 0.0928 e. The molecule has 1 aliphatic rings. The van der Waals surface area contributed by atoms with Crippen LogP contribution in [0.2, 0.25) is 18.1 Å². The molecule has 0 saturated carbocycles. The van der Waals surface area contributed by atoms with Gasteiger partial charge in [0.15, 0.2) is 0 Å². The maximum absolute atomic E-state index is 3.53. The van der Waals surface area contributed by atoms with Crippen LogP contribution in [-0.4, -0.2) is 14.1 Å². The lowest BCUT2D eigenvalue weighted by atomic mass is 9.96. The lowest BCUT2D eigenvalue weighted by Crippen LogP contribution is -2.21. The number of halogens is 1. The van der Waals surface area contributed by atoms with E-state index in [2.05, 4.69) is 22.9 Å². The third-order valence-electron chi connectivity index (χ3n) is 4.18. The Hall–Kier alpha value is 0.697. The van der Waals surface area contributed by atoms with Crippen LogP contribution in [0.4, 0.5) is 0 Å². The van der Waals surface area contributed by atoms with Gasteiger partial charge >= 0.3 is 0 Å². The molecule has 0 aliphatic carbocycles. The molecular weight excluding hydrogens is 276 g/mol. The summed E-state index contributed by atoms with van der Waals surface area (Å²) in [5.74, 6) is 1.11. The summed E-state index contributed by atoms with van der Waals surface area (Å²) in [6.45, 7) is 2.32. The van der Waals surface area contributed by atoms with E-state index in [1.54, 1.807) is 37.4 Å². The number of rotatable bonds is 8. The summed E-state index contributed by atoms with van der Waals surface area (Å²) < 4.78 is 0. The van der Waals surface area contributed by atoms with Gasteiger partial charge in [0.05, 0.1) is 0 Å². The first-order valence-corrected chi connectivity index (χ1v) is 11.0. The quantitative estimate of drug-likeness (QED) is 0.321. The Kier molecular flexibility index (Phi) is 8.95. The van der Waals surface area contributed by atoms with Gasteiger partial charge in [0.25, 0.3) is 0 Å². The highest BCUT2D eigenvalue weighted by atomic mass is 79.9. The summed E-state index contributed by atoms with van der Waals surface area (Å²) in [5.41, 5.74) is 0. The van der Waals surface area contributed by atoms with Gasteiger partial charge in [0, 0.05) is 14.1 Å². The van der Waals surface area contributed by atoms with E-state index >= 15 is 0 Å². The van der Waals surface area contributed by atoms with Crippen LogP contribution in [-0.2, 0) is 0 Å². The molecule has 0 amide bonds. The van der Waals surface area contributed by atoms with E-state index in [9.17, 15) is 0 Å². The maximum atomic E-state index is 3.53. The molecule has 16 heavy (non-hydrogen) atoms. The molecule has 0 atom stereocenters. The van der Waals surface area contributed by atoms with Crippen LogP contribution in [0.1, 0.15) is 58.3 Å². The summed E-state index contributed by atoms with van der Waals surface area (Å²) in [5, 5.41) is 1.20. The Morgan fingerprint density at radius 3 is 2.44 bits per heavy atom. The highest BCUT2D eigenvalue weighted by Crippen LogP contribution is 2.31. The van der Waals surface area contributed by atoms with E-state index < -0.39 is 0 Å². The van der Waals surface area contributed by atoms with E-state index in [0.29, 0.717) is 0 Å². The minimum Gasteiger partial charge on any atom is -0.0928 e. The molecule has 1 saturated heterocycles. The van der Waals surface area contributed by atoms with Crippen LogP contribution in [0, 0.1) is 5.92 Å². The first-order valence-electron chi connectivity index (χ1n) is 7.42. The Labute approximate surface area is 112 Å². The summed E-state index contributed by atoms with van der Waals surface area (Å²) in [7, 11) is -0.247. The summed E-state index contributed by atoms with van der Waals surface area (Å²) in [6, 6.07) is 4.99. The Balaban J connectivity index is 2.00. The van der Waals surface area contributed by atoms with Crippen molar-refractivity contribution in [3.8, 4) is 0 Å². The molecule has 0 nitrogen and oxygen atoms in total. The zero-order valence-electron chi connectivity index (χ0n) is 11.0. The molecule has 1 heterocycles. The fraction of sp³-hybridized carbons (Fsp3) is 1.00. The SMILES string of the molecule is CCCCC[SiH]1CCC(CCCCBr)CC1. The summed E-state index contributed by atoms with van der Waals surface area (Å²) >= 11 is 3.53. The second-order valence-corrected chi connectivity index (χ2v) is 9.82. The van der Waals surface area contributed by atoms with Crippen molar-refractivity contribution in [2.45, 2.75) is 76.4 Å². The van der Waals surface area contributed by atoms with Crippen molar-refractivity contribution in [2.75, 3.05) is 5.33 Å². The topological polar surface area (TPSA) is 0 Å². The third kappa shape index (κ3) is 6.44. The molecule has 0 unspecified atom stereocenters. The van der Waals surface area contributed by atoms with Gasteiger partial charge < -0.3 is 0 Å². The van der Waals surface area contributed by atoms with Gasteiger partial charge in [-0.1, -0.05) is 85.9 Å². The second-order valence-electron chi connectivity index (χ2n) is 5.57. The molecule has 0 radical (unpaired) electrons. The molecule has 0 aromatic carbocycles. The molecule has 0 aromatic heterocycles. The van der Waals surface area contributed by atoms with Gasteiger partial charge in [-0.2, -0.15) is 0 Å². The van der Waals surface area contributed by atoms with E-state index in [4.69, 9.17) is 0 Å². The number of alkyl halides is 1. The molecule has 96 valence electrons. The standard InChI is InChI=1S/C14H29BrSi/c1-2-3-6-11-16-12-8-14(9-13-16)7-4-5-10-15/h14,16H,2-13H2,1H3. The Morgan fingerprint density at radius 1 is 1.06 bits per heavy atom. The fourth-order valence-corrected chi connectivity index (χ4v) is 7.03. The zero-order valence-corrected chi connectivity index (χ0v) is 13.8. The predicted molar refractivity (Wildman–Crippen MR) is 81.5 cm³/mol. The maximum Gasteiger partial charge on any atom is 0.0368 e. The van der Waals surface area contributed by atoms with Crippen molar-refractivity contribution >= 4 is 24.7 Å². The van der Waals surface area contributed by atoms with Crippen molar-refractivity contribution < 1.29 is 0 Å². The minimum absolute atomic E-state index is 0.247. The Bertz CT molecular complexity index is 135. The number of hydrogen-bond acceptors (Lipinski definition) is 0. The van der Waals surface area contributed by atoms with Crippen molar-refractivity contribution in [2.24, 2.45) is 5.92 Å². The molecule has 0 N–H and O–H groups in total. The van der Waals surface area contributed by atoms with Gasteiger partial charge in [-0.25, -0.2) is 0 Å². The van der Waals surface area contributed by atoms with E-state index in [0.717, 1.165) is 5.92 Å². The van der Waals surface area contributed by atoms with E-state index in [1.807, 2.05) is 0 Å². The van der Waals surface area contributed by atoms with E-state index in [-0.39, 0.29) is 8.80 Å². The van der Waals surface area contributed by atoms with Gasteiger partial charge in [-0.3, -0.25) is 0 Å². The van der Waals surface area contributed by atoms with Crippen molar-refractivity contribution in [3.05, 3.63) is 0 Å². The summed E-state index contributed by atoms with van der Waals surface area (Å²) in [6.07, 6.45) is 12.0. The summed E-state index contributed by atoms with van der Waals surface area (Å²) in [4.78, 5) is 0. The average molecular weight is 305 g/mol. The third-order valence-corrected chi connectivity index (χ3v) is 8.26. The van der Waals surface area contributed by atoms with Crippen molar-refractivity contribution in [1.82, 2.24) is 0 Å². The lowest BCUT2D eigenvalue weighted by molar-refractivity contribution is 0.422. The van der Waals surface area contributed by atoms with Crippen LogP contribution in [0.15, 0.2) is 0 Å². The van der Waals surface area contributed by atoms with Gasteiger partial charge in [0.2, 0.25) is 0 Å². The lowest BCUT2D eigenvalue weighted by Gasteiger charge is -2.27. The fourth-order valence-electron chi connectivity index (χ4n) is 3.02. The second kappa shape index (κ2) is 9.70. The number of unbranched alkanes of at least 4 members (excludes halogenated alkanes) is 3. The van der Waals surface area contributed by atoms with Crippen molar-refractivity contribution in [3.63, 3.8) is 0 Å². The van der Waals surface area contributed by atoms with Crippen LogP contribution in [0.3, 0.4) is 0 Å². The minimum atomic E-state index is -0.247. The van der Waals surface area contributed by atoms with E-state index in [1.165, 1.54) is 37.4 Å². The molecule has 1 fully saturated rings. The predicted octanol–water partition coefficient (Wildman–Crippen LogP) is 5.38. The van der Waals surface area contributed by atoms with Crippen LogP contribution < -0.4 is 0 Å². The van der Waals surface area contributed by atoms with Gasteiger partial charge in [-0.05, 0) is 12.3 Å². The molecular formula is C14H29BrSi. The Morgan fingerprint density at radius 2 is 1.81 bits per heavy atom. The average Bonchev–Trinajstić information content (AvgIpc) is 2.32. The molecule has 2 heteroatoms. The zero-order chi connectivity index (χ0) is 11.6. The van der Waals surface area contributed by atoms with Crippen LogP contribution >= 0.6 is 15.9 Å². The highest BCUT2D eigenvalue weighted by molar-refractivity contribution is 9.09. The first-order chi connectivity index (χ1) is 7.86. The molecule has 0 bridgehead atoms. The van der Waals surface area contributed by atoms with Crippen molar-refractivity contribution in [1.29, 1.82) is 0 Å². The van der Waals surface area contributed by atoms with Crippen LogP contribution in [0.5, 0.6) is 0 Å². The highest BCUT2D eigenvalue weighted by Gasteiger charge is 2.21. The van der Waals surface area contributed by atoms with Gasteiger partial charge in [0.1, 0.15) is 0 Å². The normalized spacial score (nSPS) is 25.9. The first kappa shape index (κ1) is 14.8. The molecule has 1 aliphatic heterocycles. The monoisotopic (exact) mass is 304 g/mol. The molecule has 1 rings (SSSR count).